The van der Waals surface area contributed by atoms with E-state index in [1.165, 1.54) is 0 Å². The summed E-state index contributed by atoms with van der Waals surface area (Å²) in [7, 11) is 0. The van der Waals surface area contributed by atoms with E-state index in [9.17, 15) is 5.11 Å². The molecule has 86 valence electrons. The third-order valence-electron chi connectivity index (χ3n) is 2.12. The third-order valence-corrected chi connectivity index (χ3v) is 2.12. The standard InChI is InChI=1S/C14H18O2/c1-2-7-14(15)10-6-11-16-12-13-8-4-3-5-9-13/h3-5,8-9,14-15H,2,7,11-12H2,1H3. The molecule has 2 nitrogen and oxygen atoms in total. The van der Waals surface area contributed by atoms with Gasteiger partial charge in [-0.05, 0) is 12.0 Å². The Bertz CT molecular complexity index is 335. The first kappa shape index (κ1) is 12.8. The van der Waals surface area contributed by atoms with E-state index in [0.717, 1.165) is 18.4 Å². The second kappa shape index (κ2) is 7.92. The fourth-order valence-corrected chi connectivity index (χ4v) is 1.30. The molecule has 2 heteroatoms. The highest BCUT2D eigenvalue weighted by Gasteiger charge is 1.94. The Kier molecular flexibility index (Phi) is 6.32. The highest BCUT2D eigenvalue weighted by atomic mass is 16.5. The van der Waals surface area contributed by atoms with Crippen LogP contribution in [0.25, 0.3) is 0 Å². The summed E-state index contributed by atoms with van der Waals surface area (Å²) in [5.74, 6) is 5.57. The van der Waals surface area contributed by atoms with Crippen molar-refractivity contribution in [3.05, 3.63) is 35.9 Å². The molecule has 1 aromatic carbocycles. The van der Waals surface area contributed by atoms with Crippen LogP contribution >= 0.6 is 0 Å². The van der Waals surface area contributed by atoms with Gasteiger partial charge in [0.25, 0.3) is 0 Å². The van der Waals surface area contributed by atoms with E-state index in [4.69, 9.17) is 4.74 Å². The van der Waals surface area contributed by atoms with Crippen molar-refractivity contribution >= 4 is 0 Å². The molecule has 0 heterocycles. The summed E-state index contributed by atoms with van der Waals surface area (Å²) in [6, 6.07) is 9.97. The molecule has 1 aromatic rings. The van der Waals surface area contributed by atoms with E-state index in [2.05, 4.69) is 11.8 Å². The van der Waals surface area contributed by atoms with E-state index in [1.807, 2.05) is 37.3 Å². The van der Waals surface area contributed by atoms with E-state index in [0.29, 0.717) is 13.2 Å². The van der Waals surface area contributed by atoms with Gasteiger partial charge in [0.1, 0.15) is 12.7 Å². The van der Waals surface area contributed by atoms with Gasteiger partial charge in [-0.1, -0.05) is 55.5 Å². The lowest BCUT2D eigenvalue weighted by atomic mass is 10.2. The molecule has 1 rings (SSSR count). The molecule has 0 fully saturated rings. The van der Waals surface area contributed by atoms with Gasteiger partial charge in [0.15, 0.2) is 0 Å². The third kappa shape index (κ3) is 5.55. The molecular weight excluding hydrogens is 200 g/mol. The van der Waals surface area contributed by atoms with Crippen LogP contribution in [0.2, 0.25) is 0 Å². The number of benzene rings is 1. The molecule has 0 radical (unpaired) electrons. The summed E-state index contributed by atoms with van der Waals surface area (Å²) < 4.78 is 5.36. The van der Waals surface area contributed by atoms with Crippen LogP contribution in [0.3, 0.4) is 0 Å². The number of hydrogen-bond acceptors (Lipinski definition) is 2. The highest BCUT2D eigenvalue weighted by molar-refractivity contribution is 5.13. The maximum Gasteiger partial charge on any atom is 0.114 e. The fraction of sp³-hybridized carbons (Fsp3) is 0.429. The van der Waals surface area contributed by atoms with Crippen molar-refractivity contribution in [2.24, 2.45) is 0 Å². The Morgan fingerprint density at radius 3 is 2.75 bits per heavy atom. The molecule has 0 spiro atoms. The molecule has 16 heavy (non-hydrogen) atoms. The van der Waals surface area contributed by atoms with Crippen LogP contribution in [0, 0.1) is 11.8 Å². The molecule has 0 bridgehead atoms. The Hall–Kier alpha value is -1.30. The summed E-state index contributed by atoms with van der Waals surface area (Å²) in [5, 5.41) is 9.34. The zero-order valence-corrected chi connectivity index (χ0v) is 9.65. The van der Waals surface area contributed by atoms with Crippen LogP contribution in [-0.2, 0) is 11.3 Å². The van der Waals surface area contributed by atoms with Crippen molar-refractivity contribution in [3.8, 4) is 11.8 Å². The Morgan fingerprint density at radius 1 is 1.31 bits per heavy atom. The van der Waals surface area contributed by atoms with Gasteiger partial charge in [-0.2, -0.15) is 0 Å². The maximum atomic E-state index is 9.34. The molecule has 1 atom stereocenters. The molecule has 0 aliphatic heterocycles. The lowest BCUT2D eigenvalue weighted by Gasteiger charge is -2.00. The first-order valence-electron chi connectivity index (χ1n) is 5.61. The summed E-state index contributed by atoms with van der Waals surface area (Å²) >= 11 is 0. The first-order valence-corrected chi connectivity index (χ1v) is 5.61. The van der Waals surface area contributed by atoms with Gasteiger partial charge < -0.3 is 9.84 Å². The number of rotatable bonds is 5. The monoisotopic (exact) mass is 218 g/mol. The van der Waals surface area contributed by atoms with Crippen molar-refractivity contribution in [2.75, 3.05) is 6.61 Å². The van der Waals surface area contributed by atoms with Crippen molar-refractivity contribution < 1.29 is 9.84 Å². The van der Waals surface area contributed by atoms with Gasteiger partial charge in [0, 0.05) is 0 Å². The first-order chi connectivity index (χ1) is 7.83. The van der Waals surface area contributed by atoms with Gasteiger partial charge in [-0.15, -0.1) is 0 Å². The minimum atomic E-state index is -0.509. The lowest BCUT2D eigenvalue weighted by molar-refractivity contribution is 0.152. The highest BCUT2D eigenvalue weighted by Crippen LogP contribution is 1.99. The normalized spacial score (nSPS) is 11.6. The number of aliphatic hydroxyl groups excluding tert-OH is 1. The Balaban J connectivity index is 2.17. The molecule has 1 unspecified atom stereocenters. The minimum Gasteiger partial charge on any atom is -0.380 e. The molecule has 0 saturated heterocycles. The average Bonchev–Trinajstić information content (AvgIpc) is 2.30. The number of hydrogen-bond donors (Lipinski definition) is 1. The van der Waals surface area contributed by atoms with Gasteiger partial charge in [0.05, 0.1) is 6.61 Å². The van der Waals surface area contributed by atoms with Crippen LogP contribution in [0.1, 0.15) is 25.3 Å². The summed E-state index contributed by atoms with van der Waals surface area (Å²) in [6.07, 6.45) is 1.16. The molecular formula is C14H18O2. The van der Waals surface area contributed by atoms with Crippen LogP contribution in [0.5, 0.6) is 0 Å². The van der Waals surface area contributed by atoms with Crippen LogP contribution in [0.15, 0.2) is 30.3 Å². The molecule has 0 aromatic heterocycles. The van der Waals surface area contributed by atoms with E-state index in [1.54, 1.807) is 0 Å². The summed E-state index contributed by atoms with van der Waals surface area (Å²) in [4.78, 5) is 0. The van der Waals surface area contributed by atoms with Gasteiger partial charge in [-0.3, -0.25) is 0 Å². The van der Waals surface area contributed by atoms with E-state index in [-0.39, 0.29) is 0 Å². The maximum absolute atomic E-state index is 9.34. The molecule has 0 aliphatic rings. The Morgan fingerprint density at radius 2 is 2.06 bits per heavy atom. The molecule has 0 aliphatic carbocycles. The second-order valence-electron chi connectivity index (χ2n) is 3.60. The summed E-state index contributed by atoms with van der Waals surface area (Å²) in [5.41, 5.74) is 1.14. The number of aliphatic hydroxyl groups is 1. The summed E-state index contributed by atoms with van der Waals surface area (Å²) in [6.45, 7) is 2.96. The minimum absolute atomic E-state index is 0.371. The van der Waals surface area contributed by atoms with Gasteiger partial charge in [-0.25, -0.2) is 0 Å². The lowest BCUT2D eigenvalue weighted by Crippen LogP contribution is -2.02. The van der Waals surface area contributed by atoms with Crippen LogP contribution in [0.4, 0.5) is 0 Å². The van der Waals surface area contributed by atoms with Crippen molar-refractivity contribution in [1.82, 2.24) is 0 Å². The van der Waals surface area contributed by atoms with Crippen molar-refractivity contribution in [3.63, 3.8) is 0 Å². The van der Waals surface area contributed by atoms with E-state index >= 15 is 0 Å². The van der Waals surface area contributed by atoms with Crippen LogP contribution in [-0.4, -0.2) is 17.8 Å². The molecule has 0 saturated carbocycles. The molecule has 0 amide bonds. The largest absolute Gasteiger partial charge is 0.380 e. The average molecular weight is 218 g/mol. The zero-order chi connectivity index (χ0) is 11.6. The predicted molar refractivity (Wildman–Crippen MR) is 64.8 cm³/mol. The predicted octanol–water partition coefficient (Wildman–Crippen LogP) is 2.37. The second-order valence-corrected chi connectivity index (χ2v) is 3.60. The van der Waals surface area contributed by atoms with Crippen LogP contribution < -0.4 is 0 Å². The quantitative estimate of drug-likeness (QED) is 0.607. The zero-order valence-electron chi connectivity index (χ0n) is 9.65. The molecule has 1 N–H and O–H groups in total. The fourth-order valence-electron chi connectivity index (χ4n) is 1.30. The Labute approximate surface area is 97.3 Å². The SMILES string of the molecule is CCCC(O)C#CCOCc1ccccc1. The van der Waals surface area contributed by atoms with Crippen molar-refractivity contribution in [2.45, 2.75) is 32.5 Å². The van der Waals surface area contributed by atoms with Crippen molar-refractivity contribution in [1.29, 1.82) is 0 Å². The van der Waals surface area contributed by atoms with Gasteiger partial charge >= 0.3 is 0 Å². The topological polar surface area (TPSA) is 29.5 Å². The van der Waals surface area contributed by atoms with E-state index < -0.39 is 6.10 Å². The van der Waals surface area contributed by atoms with Gasteiger partial charge in [0.2, 0.25) is 0 Å². The number of ether oxygens (including phenoxy) is 1. The smallest absolute Gasteiger partial charge is 0.114 e.